The number of rotatable bonds is 3. The largest absolute Gasteiger partial charge is 0.279 e. The summed E-state index contributed by atoms with van der Waals surface area (Å²) in [6.07, 6.45) is 2.90. The number of aryl methyl sites for hydroxylation is 1. The summed E-state index contributed by atoms with van der Waals surface area (Å²) in [5, 5.41) is 0. The van der Waals surface area contributed by atoms with Crippen LogP contribution in [0, 0.1) is 12.7 Å². The third-order valence-corrected chi connectivity index (χ3v) is 7.80. The van der Waals surface area contributed by atoms with Gasteiger partial charge >= 0.3 is 0 Å². The Morgan fingerprint density at radius 2 is 1.58 bits per heavy atom. The Balaban J connectivity index is 1.61. The molecule has 0 radical (unpaired) electrons. The van der Waals surface area contributed by atoms with Crippen LogP contribution in [0.2, 0.25) is 0 Å². The molecule has 0 spiro atoms. The van der Waals surface area contributed by atoms with E-state index in [9.17, 15) is 22.4 Å². The van der Waals surface area contributed by atoms with Gasteiger partial charge in [0.05, 0.1) is 4.90 Å². The lowest BCUT2D eigenvalue weighted by Crippen LogP contribution is -2.53. The Bertz CT molecular complexity index is 855. The van der Waals surface area contributed by atoms with Gasteiger partial charge in [0.2, 0.25) is 21.8 Å². The lowest BCUT2D eigenvalue weighted by molar-refractivity contribution is -0.142. The van der Waals surface area contributed by atoms with Crippen molar-refractivity contribution in [1.29, 1.82) is 0 Å². The standard InChI is InChI=1S/C18H21FN2O4S/c1-11-8-15(4-5-16(11)19)26(24,25)21-12-2-3-13(21)10-14(9-12)20-17(22)6-7-18(20)23/h4-5,8,12-14H,2-3,6-7,9-10H2,1H3/t12-,13-/m0/s1. The first-order chi connectivity index (χ1) is 12.3. The maximum Gasteiger partial charge on any atom is 0.243 e. The highest BCUT2D eigenvalue weighted by Crippen LogP contribution is 2.42. The van der Waals surface area contributed by atoms with Gasteiger partial charge < -0.3 is 0 Å². The van der Waals surface area contributed by atoms with E-state index in [-0.39, 0.29) is 47.7 Å². The van der Waals surface area contributed by atoms with Gasteiger partial charge in [-0.1, -0.05) is 0 Å². The number of carbonyl (C=O) groups excluding carboxylic acids is 2. The molecule has 8 heteroatoms. The average Bonchev–Trinajstić information content (AvgIpc) is 3.07. The first-order valence-corrected chi connectivity index (χ1v) is 10.4. The molecular formula is C18H21FN2O4S. The summed E-state index contributed by atoms with van der Waals surface area (Å²) >= 11 is 0. The fraction of sp³-hybridized carbons (Fsp3) is 0.556. The molecule has 0 aromatic heterocycles. The van der Waals surface area contributed by atoms with Crippen LogP contribution in [0.5, 0.6) is 0 Å². The van der Waals surface area contributed by atoms with Crippen LogP contribution in [0.25, 0.3) is 0 Å². The number of hydrogen-bond acceptors (Lipinski definition) is 4. The van der Waals surface area contributed by atoms with Crippen molar-refractivity contribution in [3.8, 4) is 0 Å². The molecule has 4 rings (SSSR count). The van der Waals surface area contributed by atoms with Crippen molar-refractivity contribution in [2.24, 2.45) is 0 Å². The number of fused-ring (bicyclic) bond motifs is 2. The summed E-state index contributed by atoms with van der Waals surface area (Å²) in [6.45, 7) is 1.54. The lowest BCUT2D eigenvalue weighted by atomic mass is 9.98. The summed E-state index contributed by atoms with van der Waals surface area (Å²) in [6, 6.07) is 3.18. The second-order valence-electron chi connectivity index (χ2n) is 7.41. The summed E-state index contributed by atoms with van der Waals surface area (Å²) in [7, 11) is -3.73. The first kappa shape index (κ1) is 17.6. The van der Waals surface area contributed by atoms with E-state index in [2.05, 4.69) is 0 Å². The Kier molecular flexibility index (Phi) is 4.15. The van der Waals surface area contributed by atoms with Crippen LogP contribution in [-0.4, -0.2) is 47.6 Å². The third-order valence-electron chi connectivity index (χ3n) is 5.80. The maximum absolute atomic E-state index is 13.5. The molecule has 1 aromatic carbocycles. The number of benzene rings is 1. The van der Waals surface area contributed by atoms with Crippen LogP contribution >= 0.6 is 0 Å². The molecular weight excluding hydrogens is 359 g/mol. The molecule has 26 heavy (non-hydrogen) atoms. The van der Waals surface area contributed by atoms with E-state index in [1.807, 2.05) is 0 Å². The summed E-state index contributed by atoms with van der Waals surface area (Å²) in [5.74, 6) is -0.730. The van der Waals surface area contributed by atoms with Crippen molar-refractivity contribution in [3.63, 3.8) is 0 Å². The number of nitrogens with zero attached hydrogens (tertiary/aromatic N) is 2. The zero-order valence-electron chi connectivity index (χ0n) is 14.5. The molecule has 140 valence electrons. The van der Waals surface area contributed by atoms with Crippen LogP contribution in [0.1, 0.15) is 44.1 Å². The highest BCUT2D eigenvalue weighted by atomic mass is 32.2. The molecule has 3 aliphatic heterocycles. The van der Waals surface area contributed by atoms with E-state index < -0.39 is 15.8 Å². The summed E-state index contributed by atoms with van der Waals surface area (Å²) in [5.41, 5.74) is 0.293. The van der Waals surface area contributed by atoms with Gasteiger partial charge in [0.1, 0.15) is 5.82 Å². The van der Waals surface area contributed by atoms with Crippen LogP contribution in [0.15, 0.2) is 23.1 Å². The van der Waals surface area contributed by atoms with Crippen molar-refractivity contribution in [2.45, 2.75) is 68.5 Å². The van der Waals surface area contributed by atoms with Crippen molar-refractivity contribution >= 4 is 21.8 Å². The van der Waals surface area contributed by atoms with E-state index in [1.54, 1.807) is 6.92 Å². The summed E-state index contributed by atoms with van der Waals surface area (Å²) < 4.78 is 41.3. The molecule has 1 aromatic rings. The number of amides is 2. The first-order valence-electron chi connectivity index (χ1n) is 8.93. The molecule has 3 fully saturated rings. The predicted octanol–water partition coefficient (Wildman–Crippen LogP) is 1.97. The highest BCUT2D eigenvalue weighted by molar-refractivity contribution is 7.89. The molecule has 2 amide bonds. The molecule has 0 saturated carbocycles. The third kappa shape index (κ3) is 2.66. The van der Waals surface area contributed by atoms with Gasteiger partial charge in [-0.05, 0) is 56.4 Å². The van der Waals surface area contributed by atoms with Crippen molar-refractivity contribution in [1.82, 2.24) is 9.21 Å². The molecule has 3 aliphatic rings. The minimum absolute atomic E-state index is 0.0973. The van der Waals surface area contributed by atoms with Gasteiger partial charge in [-0.15, -0.1) is 0 Å². The van der Waals surface area contributed by atoms with E-state index in [0.29, 0.717) is 18.4 Å². The number of imide groups is 1. The smallest absolute Gasteiger partial charge is 0.243 e. The van der Waals surface area contributed by atoms with Crippen molar-refractivity contribution < 1.29 is 22.4 Å². The Hall–Kier alpha value is -1.80. The van der Waals surface area contributed by atoms with Gasteiger partial charge in [-0.2, -0.15) is 4.31 Å². The quantitative estimate of drug-likeness (QED) is 0.752. The molecule has 3 heterocycles. The van der Waals surface area contributed by atoms with Crippen LogP contribution in [0.3, 0.4) is 0 Å². The maximum atomic E-state index is 13.5. The summed E-state index contributed by atoms with van der Waals surface area (Å²) in [4.78, 5) is 25.5. The van der Waals surface area contributed by atoms with Crippen LogP contribution in [0.4, 0.5) is 4.39 Å². The Morgan fingerprint density at radius 1 is 1.00 bits per heavy atom. The minimum atomic E-state index is -3.73. The number of sulfonamides is 1. The minimum Gasteiger partial charge on any atom is -0.279 e. The Morgan fingerprint density at radius 3 is 2.12 bits per heavy atom. The predicted molar refractivity (Wildman–Crippen MR) is 91.1 cm³/mol. The number of carbonyl (C=O) groups is 2. The number of halogens is 1. The fourth-order valence-corrected chi connectivity index (χ4v) is 6.59. The van der Waals surface area contributed by atoms with E-state index in [4.69, 9.17) is 0 Å². The molecule has 3 saturated heterocycles. The van der Waals surface area contributed by atoms with Gasteiger partial charge in [-0.25, -0.2) is 12.8 Å². The van der Waals surface area contributed by atoms with Gasteiger partial charge in [0, 0.05) is 31.0 Å². The average molecular weight is 380 g/mol. The molecule has 2 bridgehead atoms. The monoisotopic (exact) mass is 380 g/mol. The number of likely N-dealkylation sites (tertiary alicyclic amines) is 1. The van der Waals surface area contributed by atoms with Crippen LogP contribution in [-0.2, 0) is 19.6 Å². The SMILES string of the molecule is Cc1cc(S(=O)(=O)N2[C@H]3CC[C@H]2CC(N2C(=O)CCC2=O)C3)ccc1F. The molecule has 0 N–H and O–H groups in total. The molecule has 0 aliphatic carbocycles. The second kappa shape index (κ2) is 6.13. The Labute approximate surface area is 152 Å². The highest BCUT2D eigenvalue weighted by Gasteiger charge is 2.50. The van der Waals surface area contributed by atoms with Gasteiger partial charge in [0.25, 0.3) is 0 Å². The van der Waals surface area contributed by atoms with E-state index in [0.717, 1.165) is 12.8 Å². The number of hydrogen-bond donors (Lipinski definition) is 0. The second-order valence-corrected chi connectivity index (χ2v) is 9.26. The normalized spacial score (nSPS) is 29.6. The zero-order chi connectivity index (χ0) is 18.6. The number of piperidine rings is 1. The van der Waals surface area contributed by atoms with Crippen LogP contribution < -0.4 is 0 Å². The molecule has 2 atom stereocenters. The van der Waals surface area contributed by atoms with Gasteiger partial charge in [-0.3, -0.25) is 14.5 Å². The fourth-order valence-electron chi connectivity index (χ4n) is 4.61. The topological polar surface area (TPSA) is 74.8 Å². The van der Waals surface area contributed by atoms with Crippen molar-refractivity contribution in [2.75, 3.05) is 0 Å². The zero-order valence-corrected chi connectivity index (χ0v) is 15.3. The van der Waals surface area contributed by atoms with Gasteiger partial charge in [0.15, 0.2) is 0 Å². The molecule has 0 unspecified atom stereocenters. The van der Waals surface area contributed by atoms with E-state index in [1.165, 1.54) is 27.4 Å². The van der Waals surface area contributed by atoms with Crippen molar-refractivity contribution in [3.05, 3.63) is 29.6 Å². The molecule has 6 nitrogen and oxygen atoms in total. The lowest BCUT2D eigenvalue weighted by Gasteiger charge is -2.40. The van der Waals surface area contributed by atoms with E-state index >= 15 is 0 Å².